The Balaban J connectivity index is 2.85. The second-order valence-electron chi connectivity index (χ2n) is 4.54. The highest BCUT2D eigenvalue weighted by Gasteiger charge is 2.18. The summed E-state index contributed by atoms with van der Waals surface area (Å²) in [6, 6.07) is 6.49. The summed E-state index contributed by atoms with van der Waals surface area (Å²) in [4.78, 5) is 24.0. The van der Waals surface area contributed by atoms with Crippen molar-refractivity contribution in [1.29, 1.82) is 0 Å². The van der Waals surface area contributed by atoms with Crippen LogP contribution < -0.4 is 5.32 Å². The average Bonchev–Trinajstić information content (AvgIpc) is 2.44. The van der Waals surface area contributed by atoms with Crippen molar-refractivity contribution >= 4 is 11.6 Å². The zero-order valence-corrected chi connectivity index (χ0v) is 12.1. The number of amides is 1. The number of hydrogen-bond acceptors (Lipinski definition) is 4. The number of hydrogen-bond donors (Lipinski definition) is 1. The van der Waals surface area contributed by atoms with Gasteiger partial charge in [-0.2, -0.15) is 0 Å². The fourth-order valence-electron chi connectivity index (χ4n) is 2.07. The molecule has 0 aromatic heterocycles. The van der Waals surface area contributed by atoms with Crippen LogP contribution in [0.4, 0.5) is 5.69 Å². The number of benzene rings is 1. The summed E-state index contributed by atoms with van der Waals surface area (Å²) in [7, 11) is 0. The highest BCUT2D eigenvalue weighted by molar-refractivity contribution is 5.78. The number of nitro groups is 1. The third kappa shape index (κ3) is 4.31. The van der Waals surface area contributed by atoms with Gasteiger partial charge in [0.15, 0.2) is 0 Å². The lowest BCUT2D eigenvalue weighted by Crippen LogP contribution is -2.38. The molecule has 0 aliphatic heterocycles. The molecule has 0 aliphatic carbocycles. The van der Waals surface area contributed by atoms with Gasteiger partial charge in [-0.1, -0.05) is 19.1 Å². The van der Waals surface area contributed by atoms with Gasteiger partial charge in [-0.15, -0.1) is 0 Å². The van der Waals surface area contributed by atoms with E-state index in [0.717, 1.165) is 5.56 Å². The van der Waals surface area contributed by atoms with Gasteiger partial charge >= 0.3 is 0 Å². The highest BCUT2D eigenvalue weighted by Crippen LogP contribution is 2.23. The van der Waals surface area contributed by atoms with Crippen LogP contribution >= 0.6 is 0 Å². The van der Waals surface area contributed by atoms with Crippen molar-refractivity contribution in [2.75, 3.05) is 19.6 Å². The van der Waals surface area contributed by atoms with Gasteiger partial charge < -0.3 is 5.32 Å². The Morgan fingerprint density at radius 2 is 2.15 bits per heavy atom. The van der Waals surface area contributed by atoms with Crippen LogP contribution in [0.2, 0.25) is 0 Å². The van der Waals surface area contributed by atoms with Gasteiger partial charge in [-0.25, -0.2) is 0 Å². The Labute approximate surface area is 118 Å². The Morgan fingerprint density at radius 1 is 1.45 bits per heavy atom. The van der Waals surface area contributed by atoms with E-state index < -0.39 is 4.92 Å². The summed E-state index contributed by atoms with van der Waals surface area (Å²) in [5.41, 5.74) is 0.911. The lowest BCUT2D eigenvalue weighted by molar-refractivity contribution is -0.384. The van der Waals surface area contributed by atoms with Crippen molar-refractivity contribution in [3.8, 4) is 0 Å². The SMILES string of the molecule is CCNC(=O)CN(CC)[C@H](C)c1cccc([N+](=O)[O-])c1. The van der Waals surface area contributed by atoms with Gasteiger partial charge in [-0.3, -0.25) is 19.8 Å². The summed E-state index contributed by atoms with van der Waals surface area (Å²) in [6.45, 7) is 7.36. The topological polar surface area (TPSA) is 75.5 Å². The second-order valence-corrected chi connectivity index (χ2v) is 4.54. The number of carbonyl (C=O) groups is 1. The molecule has 0 radical (unpaired) electrons. The molecule has 6 nitrogen and oxygen atoms in total. The number of carbonyl (C=O) groups excluding carboxylic acids is 1. The third-order valence-corrected chi connectivity index (χ3v) is 3.24. The van der Waals surface area contributed by atoms with Crippen LogP contribution in [-0.2, 0) is 4.79 Å². The Hall–Kier alpha value is -1.95. The molecule has 0 aliphatic rings. The molecule has 0 spiro atoms. The Kier molecular flexibility index (Phi) is 6.11. The number of likely N-dealkylation sites (N-methyl/N-ethyl adjacent to an activating group) is 2. The molecule has 1 atom stereocenters. The molecule has 1 aromatic rings. The van der Waals surface area contributed by atoms with Crippen molar-refractivity contribution in [3.63, 3.8) is 0 Å². The first-order valence-corrected chi connectivity index (χ1v) is 6.74. The third-order valence-electron chi connectivity index (χ3n) is 3.24. The molecular formula is C14H21N3O3. The minimum absolute atomic E-state index is 0.0355. The van der Waals surface area contributed by atoms with E-state index >= 15 is 0 Å². The normalized spacial score (nSPS) is 12.2. The number of rotatable bonds is 7. The zero-order chi connectivity index (χ0) is 15.1. The van der Waals surface area contributed by atoms with Crippen LogP contribution in [0.1, 0.15) is 32.4 Å². The molecule has 0 saturated carbocycles. The van der Waals surface area contributed by atoms with Crippen molar-refractivity contribution in [2.24, 2.45) is 0 Å². The van der Waals surface area contributed by atoms with Crippen LogP contribution in [0.3, 0.4) is 0 Å². The van der Waals surface area contributed by atoms with Crippen LogP contribution in [0.25, 0.3) is 0 Å². The molecule has 1 N–H and O–H groups in total. The van der Waals surface area contributed by atoms with E-state index in [1.165, 1.54) is 6.07 Å². The maximum atomic E-state index is 11.7. The number of non-ortho nitro benzene ring substituents is 1. The second kappa shape index (κ2) is 7.59. The number of nitrogens with zero attached hydrogens (tertiary/aromatic N) is 2. The van der Waals surface area contributed by atoms with Gasteiger partial charge in [0.2, 0.25) is 5.91 Å². The highest BCUT2D eigenvalue weighted by atomic mass is 16.6. The lowest BCUT2D eigenvalue weighted by atomic mass is 10.1. The van der Waals surface area contributed by atoms with Crippen molar-refractivity contribution in [1.82, 2.24) is 10.2 Å². The van der Waals surface area contributed by atoms with E-state index in [2.05, 4.69) is 5.32 Å². The predicted octanol–water partition coefficient (Wildman–Crippen LogP) is 2.11. The molecule has 6 heteroatoms. The summed E-state index contributed by atoms with van der Waals surface area (Å²) < 4.78 is 0. The standard InChI is InChI=1S/C14H21N3O3/c1-4-15-14(18)10-16(5-2)11(3)12-7-6-8-13(9-12)17(19)20/h6-9,11H,4-5,10H2,1-3H3,(H,15,18)/t11-/m1/s1. The number of nitrogens with one attached hydrogen (secondary N) is 1. The summed E-state index contributed by atoms with van der Waals surface area (Å²) >= 11 is 0. The molecule has 0 unspecified atom stereocenters. The van der Waals surface area contributed by atoms with Crippen LogP contribution in [0.5, 0.6) is 0 Å². The van der Waals surface area contributed by atoms with E-state index in [1.807, 2.05) is 31.7 Å². The molecule has 0 saturated heterocycles. The molecule has 0 fully saturated rings. The van der Waals surface area contributed by atoms with Gasteiger partial charge in [0.25, 0.3) is 5.69 Å². The largest absolute Gasteiger partial charge is 0.355 e. The fourth-order valence-corrected chi connectivity index (χ4v) is 2.07. The summed E-state index contributed by atoms with van der Waals surface area (Å²) in [5.74, 6) is -0.0355. The van der Waals surface area contributed by atoms with Gasteiger partial charge in [0, 0.05) is 24.7 Å². The minimum atomic E-state index is -0.406. The van der Waals surface area contributed by atoms with Crippen LogP contribution in [0.15, 0.2) is 24.3 Å². The first-order chi connectivity index (χ1) is 9.49. The maximum absolute atomic E-state index is 11.7. The monoisotopic (exact) mass is 279 g/mol. The average molecular weight is 279 g/mol. The summed E-state index contributed by atoms with van der Waals surface area (Å²) in [6.07, 6.45) is 0. The maximum Gasteiger partial charge on any atom is 0.269 e. The Bertz CT molecular complexity index is 476. The van der Waals surface area contributed by atoms with Crippen molar-refractivity contribution in [3.05, 3.63) is 39.9 Å². The molecule has 20 heavy (non-hydrogen) atoms. The fraction of sp³-hybridized carbons (Fsp3) is 0.500. The summed E-state index contributed by atoms with van der Waals surface area (Å²) in [5, 5.41) is 13.6. The Morgan fingerprint density at radius 3 is 2.70 bits per heavy atom. The lowest BCUT2D eigenvalue weighted by Gasteiger charge is -2.27. The van der Waals surface area contributed by atoms with Crippen molar-refractivity contribution in [2.45, 2.75) is 26.8 Å². The van der Waals surface area contributed by atoms with Crippen LogP contribution in [0, 0.1) is 10.1 Å². The first kappa shape index (κ1) is 16.1. The van der Waals surface area contributed by atoms with Gasteiger partial charge in [0.05, 0.1) is 11.5 Å². The number of nitro benzene ring substituents is 1. The molecule has 1 aromatic carbocycles. The molecule has 0 heterocycles. The van der Waals surface area contributed by atoms with Gasteiger partial charge in [0.1, 0.15) is 0 Å². The van der Waals surface area contributed by atoms with E-state index in [4.69, 9.17) is 0 Å². The van der Waals surface area contributed by atoms with E-state index in [-0.39, 0.29) is 24.2 Å². The smallest absolute Gasteiger partial charge is 0.269 e. The first-order valence-electron chi connectivity index (χ1n) is 6.74. The predicted molar refractivity (Wildman–Crippen MR) is 77.4 cm³/mol. The van der Waals surface area contributed by atoms with Gasteiger partial charge in [-0.05, 0) is 26.0 Å². The zero-order valence-electron chi connectivity index (χ0n) is 12.1. The minimum Gasteiger partial charge on any atom is -0.355 e. The van der Waals surface area contributed by atoms with E-state index in [1.54, 1.807) is 12.1 Å². The quantitative estimate of drug-likeness (QED) is 0.612. The molecule has 110 valence electrons. The van der Waals surface area contributed by atoms with E-state index in [0.29, 0.717) is 13.1 Å². The molecule has 1 amide bonds. The van der Waals surface area contributed by atoms with Crippen molar-refractivity contribution < 1.29 is 9.72 Å². The molecular weight excluding hydrogens is 258 g/mol. The van der Waals surface area contributed by atoms with Crippen LogP contribution in [-0.4, -0.2) is 35.4 Å². The molecule has 0 bridgehead atoms. The molecule has 1 rings (SSSR count). The van der Waals surface area contributed by atoms with E-state index in [9.17, 15) is 14.9 Å².